The molecule has 0 aromatic carbocycles. The van der Waals surface area contributed by atoms with Gasteiger partial charge in [0.25, 0.3) is 0 Å². The second-order valence-corrected chi connectivity index (χ2v) is 2.75. The average molecular weight is 150 g/mol. The van der Waals surface area contributed by atoms with Crippen molar-refractivity contribution in [2.75, 3.05) is 0 Å². The molecule has 0 bridgehead atoms. The van der Waals surface area contributed by atoms with E-state index >= 15 is 0 Å². The molecule has 0 aromatic rings. The van der Waals surface area contributed by atoms with E-state index in [2.05, 4.69) is 20.2 Å². The molecule has 0 rings (SSSR count). The molecule has 1 nitrogen and oxygen atoms in total. The molecule has 0 aliphatic heterocycles. The van der Waals surface area contributed by atoms with E-state index in [0.29, 0.717) is 0 Å². The molecule has 0 N–H and O–H groups in total. The van der Waals surface area contributed by atoms with E-state index in [1.165, 1.54) is 0 Å². The first-order valence-corrected chi connectivity index (χ1v) is 3.33. The van der Waals surface area contributed by atoms with E-state index in [1.54, 1.807) is 0 Å². The summed E-state index contributed by atoms with van der Waals surface area (Å²) in [4.78, 5) is 0. The van der Waals surface area contributed by atoms with Crippen LogP contribution in [-0.2, 0) is 15.8 Å². The van der Waals surface area contributed by atoms with Crippen molar-refractivity contribution in [1.29, 1.82) is 0 Å². The van der Waals surface area contributed by atoms with Crippen LogP contribution in [0.4, 0.5) is 0 Å². The standard InChI is InChI=1S/2ClH.Cu.O/h2*1H;;/q;;+2;/p-2. The zero-order chi connectivity index (χ0) is 3.58. The Morgan fingerprint density at radius 3 is 1.50 bits per heavy atom. The van der Waals surface area contributed by atoms with Gasteiger partial charge in [0.05, 0.1) is 0 Å². The van der Waals surface area contributed by atoms with E-state index in [9.17, 15) is 0 Å². The Balaban J connectivity index is 2.80. The minimum atomic E-state index is -1.62. The SMILES string of the molecule is [O]=[Cu]([Cl])[Cl]. The van der Waals surface area contributed by atoms with Crippen LogP contribution in [0.25, 0.3) is 0 Å². The first kappa shape index (κ1) is 4.90. The van der Waals surface area contributed by atoms with Gasteiger partial charge in [-0.1, -0.05) is 0 Å². The van der Waals surface area contributed by atoms with Crippen LogP contribution >= 0.6 is 20.2 Å². The van der Waals surface area contributed by atoms with Crippen molar-refractivity contribution >= 4 is 20.2 Å². The van der Waals surface area contributed by atoms with Gasteiger partial charge in [-0.15, -0.1) is 0 Å². The number of rotatable bonds is 0. The van der Waals surface area contributed by atoms with Gasteiger partial charge in [-0.3, -0.25) is 0 Å². The molecule has 0 aliphatic rings. The third-order valence-corrected chi connectivity index (χ3v) is 0. The predicted octanol–water partition coefficient (Wildman–Crippen LogP) is 1.26. The molecule has 0 spiro atoms. The molecule has 0 heterocycles. The summed E-state index contributed by atoms with van der Waals surface area (Å²) in [6, 6.07) is 0. The Morgan fingerprint density at radius 1 is 1.50 bits per heavy atom. The van der Waals surface area contributed by atoms with E-state index in [4.69, 9.17) is 3.83 Å². The van der Waals surface area contributed by atoms with E-state index in [1.807, 2.05) is 0 Å². The minimum absolute atomic E-state index is 1.62. The molecule has 0 aliphatic carbocycles. The van der Waals surface area contributed by atoms with Crippen LogP contribution in [0, 0.1) is 0 Å². The number of halogens is 2. The molecule has 4 heavy (non-hydrogen) atoms. The topological polar surface area (TPSA) is 17.1 Å². The third kappa shape index (κ3) is 12.9. The Kier molecular flexibility index (Phi) is 2.64. The van der Waals surface area contributed by atoms with E-state index in [-0.39, 0.29) is 0 Å². The number of hydrogen-bond donors (Lipinski definition) is 0. The quantitative estimate of drug-likeness (QED) is 0.475. The second-order valence-electron chi connectivity index (χ2n) is 0.136. The van der Waals surface area contributed by atoms with Crippen LogP contribution in [0.5, 0.6) is 0 Å². The van der Waals surface area contributed by atoms with Crippen molar-refractivity contribution in [3.63, 3.8) is 0 Å². The normalized spacial score (nSPS) is 11.0. The summed E-state index contributed by atoms with van der Waals surface area (Å²) in [5.41, 5.74) is 0. The predicted molar refractivity (Wildman–Crippen MR) is 12.4 cm³/mol. The van der Waals surface area contributed by atoms with Gasteiger partial charge in [0.15, 0.2) is 0 Å². The zero-order valence-corrected chi connectivity index (χ0v) is 3.92. The summed E-state index contributed by atoms with van der Waals surface area (Å²) in [5, 5.41) is 0. The summed E-state index contributed by atoms with van der Waals surface area (Å²) in [6.45, 7) is 0. The monoisotopic (exact) mass is 149 g/mol. The molecule has 0 atom stereocenters. The van der Waals surface area contributed by atoms with Crippen LogP contribution in [0.3, 0.4) is 0 Å². The maximum atomic E-state index is 9.08. The van der Waals surface area contributed by atoms with Crippen molar-refractivity contribution in [1.82, 2.24) is 0 Å². The number of hydrogen-bond acceptors (Lipinski definition) is 1. The summed E-state index contributed by atoms with van der Waals surface area (Å²) in [6.07, 6.45) is 0. The molecule has 4 heteroatoms. The van der Waals surface area contributed by atoms with Gasteiger partial charge >= 0.3 is 36.0 Å². The van der Waals surface area contributed by atoms with Gasteiger partial charge < -0.3 is 0 Å². The third-order valence-electron chi connectivity index (χ3n) is 0. The Bertz CT molecular complexity index is 29.0. The summed E-state index contributed by atoms with van der Waals surface area (Å²) in [7, 11) is 9.01. The van der Waals surface area contributed by atoms with Crippen LogP contribution < -0.4 is 0 Å². The molecular weight excluding hydrogens is 150 g/mol. The van der Waals surface area contributed by atoms with Crippen LogP contribution in [0.1, 0.15) is 0 Å². The summed E-state index contributed by atoms with van der Waals surface area (Å²) < 4.78 is 9.08. The molecular formula is Cl2CuO. The molecule has 0 saturated heterocycles. The molecule has 0 fully saturated rings. The van der Waals surface area contributed by atoms with Gasteiger partial charge in [0.2, 0.25) is 0 Å². The maximum absolute atomic E-state index is 9.08. The Hall–Kier alpha value is 0.899. The second kappa shape index (κ2) is 2.16. The van der Waals surface area contributed by atoms with Crippen molar-refractivity contribution in [3.8, 4) is 0 Å². The fourth-order valence-electron chi connectivity index (χ4n) is 0. The molecule has 31 valence electrons. The van der Waals surface area contributed by atoms with Crippen molar-refractivity contribution in [3.05, 3.63) is 0 Å². The van der Waals surface area contributed by atoms with Gasteiger partial charge in [-0.25, -0.2) is 0 Å². The average Bonchev–Trinajstić information content (AvgIpc) is 0.811. The summed E-state index contributed by atoms with van der Waals surface area (Å²) in [5.74, 6) is 0. The molecule has 0 saturated carbocycles. The molecule has 0 aromatic heterocycles. The van der Waals surface area contributed by atoms with Crippen LogP contribution in [0.2, 0.25) is 0 Å². The van der Waals surface area contributed by atoms with Crippen LogP contribution in [0.15, 0.2) is 0 Å². The van der Waals surface area contributed by atoms with Gasteiger partial charge in [-0.2, -0.15) is 0 Å². The van der Waals surface area contributed by atoms with E-state index in [0.717, 1.165) is 0 Å². The van der Waals surface area contributed by atoms with Gasteiger partial charge in [-0.05, 0) is 0 Å². The van der Waals surface area contributed by atoms with Gasteiger partial charge in [0, 0.05) is 0 Å². The van der Waals surface area contributed by atoms with Crippen molar-refractivity contribution in [2.45, 2.75) is 0 Å². The first-order valence-electron chi connectivity index (χ1n) is 0.351. The van der Waals surface area contributed by atoms with Crippen molar-refractivity contribution in [2.24, 2.45) is 0 Å². The van der Waals surface area contributed by atoms with Crippen molar-refractivity contribution < 1.29 is 15.8 Å². The molecule has 0 unspecified atom stereocenters. The molecule has 0 radical (unpaired) electrons. The first-order chi connectivity index (χ1) is 1.73. The fourth-order valence-corrected chi connectivity index (χ4v) is 0. The van der Waals surface area contributed by atoms with Gasteiger partial charge in [0.1, 0.15) is 0 Å². The zero-order valence-electron chi connectivity index (χ0n) is 1.47. The van der Waals surface area contributed by atoms with Crippen LogP contribution in [-0.4, -0.2) is 0 Å². The summed E-state index contributed by atoms with van der Waals surface area (Å²) >= 11 is -1.62. The molecule has 0 amide bonds. The van der Waals surface area contributed by atoms with E-state index < -0.39 is 12.0 Å². The Labute approximate surface area is 36.4 Å². The fraction of sp³-hybridized carbons (Fsp3) is 0. The Morgan fingerprint density at radius 2 is 1.50 bits per heavy atom.